The number of carbonyl (C=O) groups is 1. The molecule has 2 aromatic rings. The van der Waals surface area contributed by atoms with E-state index in [0.29, 0.717) is 18.8 Å². The molecule has 7 nitrogen and oxygen atoms in total. The Morgan fingerprint density at radius 3 is 2.74 bits per heavy atom. The molecule has 100 valence electrons. The van der Waals surface area contributed by atoms with Crippen molar-refractivity contribution in [1.29, 1.82) is 0 Å². The minimum atomic E-state index is -0.269. The van der Waals surface area contributed by atoms with Gasteiger partial charge in [0.15, 0.2) is 5.69 Å². The molecule has 0 aliphatic heterocycles. The lowest BCUT2D eigenvalue weighted by Crippen LogP contribution is -2.26. The third-order valence-electron chi connectivity index (χ3n) is 2.66. The van der Waals surface area contributed by atoms with Crippen molar-refractivity contribution in [1.82, 2.24) is 15.0 Å². The second-order valence-corrected chi connectivity index (χ2v) is 4.04. The van der Waals surface area contributed by atoms with E-state index in [4.69, 9.17) is 5.73 Å². The highest BCUT2D eigenvalue weighted by molar-refractivity contribution is 6.04. The molecule has 0 saturated heterocycles. The van der Waals surface area contributed by atoms with Crippen LogP contribution in [0.25, 0.3) is 0 Å². The van der Waals surface area contributed by atoms with Gasteiger partial charge in [-0.3, -0.25) is 9.48 Å². The van der Waals surface area contributed by atoms with Gasteiger partial charge in [0, 0.05) is 19.3 Å². The maximum Gasteiger partial charge on any atom is 0.280 e. The maximum atomic E-state index is 12.2. The fourth-order valence-electron chi connectivity index (χ4n) is 1.60. The monoisotopic (exact) mass is 261 g/mol. The van der Waals surface area contributed by atoms with Crippen molar-refractivity contribution in [3.8, 4) is 5.75 Å². The number of benzene rings is 1. The summed E-state index contributed by atoms with van der Waals surface area (Å²) in [6, 6.07) is 6.34. The van der Waals surface area contributed by atoms with Gasteiger partial charge in [0.05, 0.1) is 12.7 Å². The summed E-state index contributed by atoms with van der Waals surface area (Å²) in [5.74, 6) is -0.118. The molecule has 0 saturated carbocycles. The SMILES string of the molecule is CN(C(=O)c1cn(CCN)nn1)c1ccc(O)cc1. The van der Waals surface area contributed by atoms with Gasteiger partial charge in [0.2, 0.25) is 0 Å². The summed E-state index contributed by atoms with van der Waals surface area (Å²) in [6.45, 7) is 0.952. The molecule has 0 spiro atoms. The molecule has 0 radical (unpaired) electrons. The van der Waals surface area contributed by atoms with Crippen LogP contribution < -0.4 is 10.6 Å². The first-order valence-electron chi connectivity index (χ1n) is 5.79. The Hall–Kier alpha value is -2.41. The van der Waals surface area contributed by atoms with Crippen LogP contribution >= 0.6 is 0 Å². The van der Waals surface area contributed by atoms with Gasteiger partial charge >= 0.3 is 0 Å². The van der Waals surface area contributed by atoms with Crippen LogP contribution in [0.3, 0.4) is 0 Å². The van der Waals surface area contributed by atoms with Crippen LogP contribution in [0, 0.1) is 0 Å². The number of rotatable bonds is 4. The second-order valence-electron chi connectivity index (χ2n) is 4.04. The molecule has 0 atom stereocenters. The topological polar surface area (TPSA) is 97.3 Å². The zero-order valence-corrected chi connectivity index (χ0v) is 10.5. The molecule has 0 aliphatic rings. The molecule has 19 heavy (non-hydrogen) atoms. The number of phenols is 1. The normalized spacial score (nSPS) is 10.4. The van der Waals surface area contributed by atoms with Gasteiger partial charge in [-0.1, -0.05) is 5.21 Å². The average Bonchev–Trinajstić information content (AvgIpc) is 2.87. The number of aromatic nitrogens is 3. The van der Waals surface area contributed by atoms with Gasteiger partial charge in [-0.05, 0) is 24.3 Å². The fourth-order valence-corrected chi connectivity index (χ4v) is 1.60. The van der Waals surface area contributed by atoms with E-state index in [-0.39, 0.29) is 17.4 Å². The highest BCUT2D eigenvalue weighted by Gasteiger charge is 2.17. The number of amides is 1. The van der Waals surface area contributed by atoms with Crippen molar-refractivity contribution < 1.29 is 9.90 Å². The second kappa shape index (κ2) is 5.49. The van der Waals surface area contributed by atoms with Gasteiger partial charge in [0.25, 0.3) is 5.91 Å². The summed E-state index contributed by atoms with van der Waals surface area (Å²) >= 11 is 0. The first kappa shape index (κ1) is 13.0. The van der Waals surface area contributed by atoms with Crippen LogP contribution in [-0.2, 0) is 6.54 Å². The van der Waals surface area contributed by atoms with Gasteiger partial charge < -0.3 is 15.7 Å². The van der Waals surface area contributed by atoms with E-state index < -0.39 is 0 Å². The van der Waals surface area contributed by atoms with Crippen LogP contribution in [0.15, 0.2) is 30.5 Å². The Kier molecular flexibility index (Phi) is 3.76. The summed E-state index contributed by atoms with van der Waals surface area (Å²) in [4.78, 5) is 13.6. The van der Waals surface area contributed by atoms with Crippen LogP contribution in [0.1, 0.15) is 10.5 Å². The van der Waals surface area contributed by atoms with E-state index >= 15 is 0 Å². The van der Waals surface area contributed by atoms with E-state index in [1.54, 1.807) is 25.4 Å². The maximum absolute atomic E-state index is 12.2. The zero-order chi connectivity index (χ0) is 13.8. The molecule has 3 N–H and O–H groups in total. The Balaban J connectivity index is 2.15. The summed E-state index contributed by atoms with van der Waals surface area (Å²) in [5, 5.41) is 16.8. The Morgan fingerprint density at radius 2 is 2.11 bits per heavy atom. The van der Waals surface area contributed by atoms with Crippen molar-refractivity contribution in [3.63, 3.8) is 0 Å². The minimum Gasteiger partial charge on any atom is -0.508 e. The van der Waals surface area contributed by atoms with Gasteiger partial charge in [-0.15, -0.1) is 5.10 Å². The molecule has 0 bridgehead atoms. The molecule has 1 aromatic carbocycles. The van der Waals surface area contributed by atoms with Gasteiger partial charge in [-0.25, -0.2) is 0 Å². The molecule has 1 amide bonds. The molecular formula is C12H15N5O2. The summed E-state index contributed by atoms with van der Waals surface area (Å²) in [5.41, 5.74) is 6.32. The molecule has 0 aliphatic carbocycles. The lowest BCUT2D eigenvalue weighted by Gasteiger charge is -2.15. The first-order valence-corrected chi connectivity index (χ1v) is 5.79. The number of phenolic OH excluding ortho intramolecular Hbond substituents is 1. The van der Waals surface area contributed by atoms with Gasteiger partial charge in [-0.2, -0.15) is 0 Å². The van der Waals surface area contributed by atoms with Crippen molar-refractivity contribution in [3.05, 3.63) is 36.2 Å². The number of nitrogens with two attached hydrogens (primary N) is 1. The quantitative estimate of drug-likeness (QED) is 0.820. The molecule has 7 heteroatoms. The van der Waals surface area contributed by atoms with E-state index in [1.807, 2.05) is 0 Å². The third-order valence-corrected chi connectivity index (χ3v) is 2.66. The number of hydrogen-bond donors (Lipinski definition) is 2. The smallest absolute Gasteiger partial charge is 0.280 e. The predicted octanol–water partition coefficient (Wildman–Crippen LogP) is 0.219. The van der Waals surface area contributed by atoms with Crippen molar-refractivity contribution >= 4 is 11.6 Å². The third kappa shape index (κ3) is 2.89. The minimum absolute atomic E-state index is 0.151. The highest BCUT2D eigenvalue weighted by atomic mass is 16.3. The van der Waals surface area contributed by atoms with Crippen molar-refractivity contribution in [2.45, 2.75) is 6.54 Å². The summed E-state index contributed by atoms with van der Waals surface area (Å²) in [7, 11) is 1.64. The molecule has 0 fully saturated rings. The molecule has 1 heterocycles. The number of nitrogens with zero attached hydrogens (tertiary/aromatic N) is 4. The molecule has 2 rings (SSSR count). The summed E-state index contributed by atoms with van der Waals surface area (Å²) in [6.07, 6.45) is 1.56. The van der Waals surface area contributed by atoms with Crippen LogP contribution in [0.4, 0.5) is 5.69 Å². The van der Waals surface area contributed by atoms with E-state index in [1.165, 1.54) is 21.7 Å². The lowest BCUT2D eigenvalue weighted by atomic mass is 10.2. The first-order chi connectivity index (χ1) is 9.11. The Labute approximate surface area is 110 Å². The van der Waals surface area contributed by atoms with E-state index in [0.717, 1.165) is 0 Å². The molecule has 1 aromatic heterocycles. The summed E-state index contributed by atoms with van der Waals surface area (Å²) < 4.78 is 1.53. The lowest BCUT2D eigenvalue weighted by molar-refractivity contribution is 0.0988. The Morgan fingerprint density at radius 1 is 1.42 bits per heavy atom. The van der Waals surface area contributed by atoms with Crippen molar-refractivity contribution in [2.75, 3.05) is 18.5 Å². The van der Waals surface area contributed by atoms with Crippen molar-refractivity contribution in [2.24, 2.45) is 5.73 Å². The standard InChI is InChI=1S/C12H15N5O2/c1-16(9-2-4-10(18)5-3-9)12(19)11-8-17(7-6-13)15-14-11/h2-5,8,18H,6-7,13H2,1H3. The number of hydrogen-bond acceptors (Lipinski definition) is 5. The predicted molar refractivity (Wildman–Crippen MR) is 69.9 cm³/mol. The van der Waals surface area contributed by atoms with Crippen LogP contribution in [0.5, 0.6) is 5.75 Å². The fraction of sp³-hybridized carbons (Fsp3) is 0.250. The number of carbonyl (C=O) groups excluding carboxylic acids is 1. The molecular weight excluding hydrogens is 246 g/mol. The number of aromatic hydroxyl groups is 1. The van der Waals surface area contributed by atoms with E-state index in [2.05, 4.69) is 10.3 Å². The molecule has 0 unspecified atom stereocenters. The zero-order valence-electron chi connectivity index (χ0n) is 10.5. The van der Waals surface area contributed by atoms with E-state index in [9.17, 15) is 9.90 Å². The van der Waals surface area contributed by atoms with Crippen LogP contribution in [0.2, 0.25) is 0 Å². The Bertz CT molecular complexity index is 564. The average molecular weight is 261 g/mol. The van der Waals surface area contributed by atoms with Gasteiger partial charge in [0.1, 0.15) is 5.75 Å². The number of anilines is 1. The van der Waals surface area contributed by atoms with Crippen LogP contribution in [-0.4, -0.2) is 39.6 Å². The highest BCUT2D eigenvalue weighted by Crippen LogP contribution is 2.18. The largest absolute Gasteiger partial charge is 0.508 e.